The van der Waals surface area contributed by atoms with E-state index in [-0.39, 0.29) is 37.5 Å². The molecule has 0 aliphatic rings. The second kappa shape index (κ2) is 50.5. The van der Waals surface area contributed by atoms with Gasteiger partial charge in [-0.1, -0.05) is 213 Å². The quantitative estimate of drug-likeness (QED) is 0.0200. The van der Waals surface area contributed by atoms with Gasteiger partial charge in [0.2, 0.25) is 0 Å². The minimum Gasteiger partial charge on any atom is -0.462 e. The number of hydrogen-bond donors (Lipinski definition) is 0. The topological polar surface area (TPSA) is 78.9 Å². The zero-order valence-electron chi connectivity index (χ0n) is 40.3. The van der Waals surface area contributed by atoms with E-state index in [0.717, 1.165) is 103 Å². The van der Waals surface area contributed by atoms with E-state index in [2.05, 4.69) is 93.7 Å². The molecular weight excluding hydrogens is 781 g/mol. The van der Waals surface area contributed by atoms with Crippen LogP contribution in [-0.2, 0) is 28.6 Å². The summed E-state index contributed by atoms with van der Waals surface area (Å²) in [7, 11) is 0. The molecule has 0 radical (unpaired) electrons. The van der Waals surface area contributed by atoms with Crippen molar-refractivity contribution in [3.63, 3.8) is 0 Å². The Kier molecular flexibility index (Phi) is 47.1. The van der Waals surface area contributed by atoms with Crippen LogP contribution in [-0.4, -0.2) is 37.2 Å². The van der Waals surface area contributed by atoms with Gasteiger partial charge >= 0.3 is 17.9 Å². The summed E-state index contributed by atoms with van der Waals surface area (Å²) < 4.78 is 16.7. The molecule has 1 atom stereocenters. The predicted octanol–water partition coefficient (Wildman–Crippen LogP) is 16.5. The molecule has 0 aliphatic carbocycles. The molecule has 6 heteroatoms. The Morgan fingerprint density at radius 1 is 0.349 bits per heavy atom. The molecule has 0 saturated carbocycles. The van der Waals surface area contributed by atoms with Crippen molar-refractivity contribution in [3.05, 3.63) is 122 Å². The molecule has 0 aromatic carbocycles. The SMILES string of the molecule is CC\C=C/C=C\C=C/C=C\C=C/CCCCCC(=O)OC(COC(=O)CCCCC/C=C\C=C/CCCC)COC(=O)CCCCCCCCCCC/C=C\C/C=C\C/C=C\CC. The molecule has 0 amide bonds. The Morgan fingerprint density at radius 2 is 0.698 bits per heavy atom. The van der Waals surface area contributed by atoms with Crippen LogP contribution in [0.1, 0.15) is 201 Å². The summed E-state index contributed by atoms with van der Waals surface area (Å²) in [5, 5.41) is 0. The zero-order valence-corrected chi connectivity index (χ0v) is 40.3. The van der Waals surface area contributed by atoms with Crippen molar-refractivity contribution >= 4 is 17.9 Å². The third kappa shape index (κ3) is 48.7. The van der Waals surface area contributed by atoms with Gasteiger partial charge in [-0.25, -0.2) is 0 Å². The number of esters is 3. The molecule has 0 rings (SSSR count). The fraction of sp³-hybridized carbons (Fsp3) is 0.596. The molecule has 0 heterocycles. The van der Waals surface area contributed by atoms with Gasteiger partial charge in [-0.05, 0) is 89.9 Å². The van der Waals surface area contributed by atoms with E-state index < -0.39 is 6.10 Å². The molecule has 0 aromatic heterocycles. The monoisotopic (exact) mass is 871 g/mol. The number of carbonyl (C=O) groups excluding carboxylic acids is 3. The normalized spacial score (nSPS) is 13.1. The third-order valence-corrected chi connectivity index (χ3v) is 10.1. The Balaban J connectivity index is 4.47. The van der Waals surface area contributed by atoms with Gasteiger partial charge in [-0.3, -0.25) is 14.4 Å². The molecule has 0 bridgehead atoms. The van der Waals surface area contributed by atoms with Gasteiger partial charge in [0.05, 0.1) is 0 Å². The average molecular weight is 871 g/mol. The van der Waals surface area contributed by atoms with Crippen LogP contribution in [0.5, 0.6) is 0 Å². The molecule has 0 aliphatic heterocycles. The maximum Gasteiger partial charge on any atom is 0.306 e. The highest BCUT2D eigenvalue weighted by Crippen LogP contribution is 2.13. The van der Waals surface area contributed by atoms with Gasteiger partial charge in [-0.15, -0.1) is 0 Å². The van der Waals surface area contributed by atoms with E-state index in [0.29, 0.717) is 19.3 Å². The first-order valence-electron chi connectivity index (χ1n) is 25.1. The second-order valence-electron chi connectivity index (χ2n) is 16.1. The van der Waals surface area contributed by atoms with Crippen LogP contribution in [0.4, 0.5) is 0 Å². The number of hydrogen-bond acceptors (Lipinski definition) is 6. The standard InChI is InChI=1S/C57H90O6/c1-4-7-10-13-16-19-22-24-26-27-28-29-31-32-35-38-41-44-47-50-56(59)62-53-54(52-61-55(58)49-46-43-40-37-34-21-18-15-12-9-6-3)63-57(60)51-48-45-42-39-36-33-30-25-23-20-17-14-11-8-5-2/h7-8,10-11,14-21,23-26,30,33-34,36,54H,4-6,9,12-13,22,27-29,31-32,35,37-53H2,1-3H3/b10-7-,11-8-,17-14-,18-15-,19-16-,23-20-,26-24-,30-25-,34-21-,36-33-. The highest BCUT2D eigenvalue weighted by atomic mass is 16.6. The first kappa shape index (κ1) is 58.8. The number of unbranched alkanes of at least 4 members (excludes halogenated alkanes) is 17. The number of rotatable bonds is 43. The minimum absolute atomic E-state index is 0.111. The first-order valence-corrected chi connectivity index (χ1v) is 25.1. The lowest BCUT2D eigenvalue weighted by molar-refractivity contribution is -0.167. The Morgan fingerprint density at radius 3 is 1.19 bits per heavy atom. The van der Waals surface area contributed by atoms with Crippen LogP contribution < -0.4 is 0 Å². The summed E-state index contributed by atoms with van der Waals surface area (Å²) in [5.74, 6) is -0.996. The van der Waals surface area contributed by atoms with E-state index in [4.69, 9.17) is 14.2 Å². The van der Waals surface area contributed by atoms with Crippen molar-refractivity contribution in [1.29, 1.82) is 0 Å². The van der Waals surface area contributed by atoms with Gasteiger partial charge in [-0.2, -0.15) is 0 Å². The van der Waals surface area contributed by atoms with Gasteiger partial charge in [0.1, 0.15) is 13.2 Å². The first-order chi connectivity index (χ1) is 31.0. The summed E-state index contributed by atoms with van der Waals surface area (Å²) in [6.45, 7) is 6.24. The maximum absolute atomic E-state index is 12.8. The van der Waals surface area contributed by atoms with Crippen LogP contribution in [0.3, 0.4) is 0 Å². The molecule has 6 nitrogen and oxygen atoms in total. The van der Waals surface area contributed by atoms with Crippen molar-refractivity contribution in [2.45, 2.75) is 207 Å². The summed E-state index contributed by atoms with van der Waals surface area (Å²) >= 11 is 0. The van der Waals surface area contributed by atoms with E-state index in [9.17, 15) is 14.4 Å². The molecule has 0 aromatic rings. The lowest BCUT2D eigenvalue weighted by Gasteiger charge is -2.18. The van der Waals surface area contributed by atoms with Crippen molar-refractivity contribution in [1.82, 2.24) is 0 Å². The largest absolute Gasteiger partial charge is 0.462 e. The van der Waals surface area contributed by atoms with Crippen LogP contribution >= 0.6 is 0 Å². The highest BCUT2D eigenvalue weighted by Gasteiger charge is 2.19. The van der Waals surface area contributed by atoms with Gasteiger partial charge in [0.25, 0.3) is 0 Å². The minimum atomic E-state index is -0.816. The lowest BCUT2D eigenvalue weighted by Crippen LogP contribution is -2.30. The van der Waals surface area contributed by atoms with Crippen LogP contribution in [0, 0.1) is 0 Å². The molecule has 0 N–H and O–H groups in total. The molecule has 0 saturated heterocycles. The van der Waals surface area contributed by atoms with Crippen LogP contribution in [0.25, 0.3) is 0 Å². The molecular formula is C57H90O6. The second-order valence-corrected chi connectivity index (χ2v) is 16.1. The van der Waals surface area contributed by atoms with E-state index in [1.165, 1.54) is 51.4 Å². The number of ether oxygens (including phenoxy) is 3. The molecule has 354 valence electrons. The molecule has 63 heavy (non-hydrogen) atoms. The molecule has 0 spiro atoms. The number of allylic oxidation sites excluding steroid dienone is 20. The molecule has 0 fully saturated rings. The lowest BCUT2D eigenvalue weighted by atomic mass is 10.1. The fourth-order valence-electron chi connectivity index (χ4n) is 6.34. The summed E-state index contributed by atoms with van der Waals surface area (Å²) in [5.41, 5.74) is 0. The zero-order chi connectivity index (χ0) is 45.8. The highest BCUT2D eigenvalue weighted by molar-refractivity contribution is 5.71. The Bertz CT molecular complexity index is 1370. The smallest absolute Gasteiger partial charge is 0.306 e. The Hall–Kier alpha value is -4.19. The number of carbonyl (C=O) groups is 3. The maximum atomic E-state index is 12.8. The van der Waals surface area contributed by atoms with Crippen LogP contribution in [0.2, 0.25) is 0 Å². The summed E-state index contributed by atoms with van der Waals surface area (Å²) in [6.07, 6.45) is 69.0. The van der Waals surface area contributed by atoms with Gasteiger partial charge in [0.15, 0.2) is 6.10 Å². The van der Waals surface area contributed by atoms with Crippen molar-refractivity contribution in [2.75, 3.05) is 13.2 Å². The fourth-order valence-corrected chi connectivity index (χ4v) is 6.34. The predicted molar refractivity (Wildman–Crippen MR) is 269 cm³/mol. The van der Waals surface area contributed by atoms with Crippen LogP contribution in [0.15, 0.2) is 122 Å². The van der Waals surface area contributed by atoms with E-state index >= 15 is 0 Å². The van der Waals surface area contributed by atoms with Crippen molar-refractivity contribution in [3.8, 4) is 0 Å². The summed E-state index contributed by atoms with van der Waals surface area (Å²) in [4.78, 5) is 37.9. The Labute approximate surface area is 386 Å². The third-order valence-electron chi connectivity index (χ3n) is 10.1. The van der Waals surface area contributed by atoms with Gasteiger partial charge < -0.3 is 14.2 Å². The summed E-state index contributed by atoms with van der Waals surface area (Å²) in [6, 6.07) is 0. The average Bonchev–Trinajstić information content (AvgIpc) is 3.28. The van der Waals surface area contributed by atoms with E-state index in [1.54, 1.807) is 0 Å². The van der Waals surface area contributed by atoms with Crippen molar-refractivity contribution < 1.29 is 28.6 Å². The van der Waals surface area contributed by atoms with Gasteiger partial charge in [0, 0.05) is 19.3 Å². The molecule has 1 unspecified atom stereocenters. The van der Waals surface area contributed by atoms with E-state index in [1.807, 2.05) is 48.6 Å². The van der Waals surface area contributed by atoms with Crippen molar-refractivity contribution in [2.24, 2.45) is 0 Å².